The zero-order chi connectivity index (χ0) is 12.8. The van der Waals surface area contributed by atoms with E-state index < -0.39 is 0 Å². The molecule has 0 unspecified atom stereocenters. The molecule has 0 bridgehead atoms. The van der Waals surface area contributed by atoms with Gasteiger partial charge in [0.2, 0.25) is 0 Å². The fourth-order valence-corrected chi connectivity index (χ4v) is 1.90. The van der Waals surface area contributed by atoms with Crippen molar-refractivity contribution in [3.8, 4) is 0 Å². The molecule has 1 aromatic carbocycles. The van der Waals surface area contributed by atoms with Gasteiger partial charge in [-0.3, -0.25) is 0 Å². The Hall–Kier alpha value is -2.03. The Morgan fingerprint density at radius 3 is 2.50 bits per heavy atom. The molecule has 2 N–H and O–H groups in total. The molecule has 0 spiro atoms. The number of imidazole rings is 1. The van der Waals surface area contributed by atoms with Crippen LogP contribution in [-0.2, 0) is 12.8 Å². The van der Waals surface area contributed by atoms with Crippen LogP contribution in [0.2, 0.25) is 0 Å². The van der Waals surface area contributed by atoms with E-state index >= 15 is 0 Å². The van der Waals surface area contributed by atoms with Gasteiger partial charge < -0.3 is 9.97 Å². The highest BCUT2D eigenvalue weighted by Gasteiger charge is 1.97. The number of aryl methyl sites for hydroxylation is 2. The van der Waals surface area contributed by atoms with Gasteiger partial charge in [-0.05, 0) is 24.5 Å². The van der Waals surface area contributed by atoms with E-state index in [-0.39, 0.29) is 0 Å². The molecule has 3 heteroatoms. The lowest BCUT2D eigenvalue weighted by atomic mass is 10.1. The maximum Gasteiger partial charge on any atom is 0.0921 e. The summed E-state index contributed by atoms with van der Waals surface area (Å²) < 4.78 is 0. The number of H-pyrrole nitrogens is 2. The molecule has 94 valence electrons. The Morgan fingerprint density at radius 1 is 1.06 bits per heavy atom. The van der Waals surface area contributed by atoms with Gasteiger partial charge >= 0.3 is 0 Å². The summed E-state index contributed by atoms with van der Waals surface area (Å²) in [5, 5.41) is 1.36. The van der Waals surface area contributed by atoms with E-state index in [1.807, 2.05) is 6.20 Å². The number of nitrogens with one attached hydrogen (secondary N) is 2. The second kappa shape index (κ2) is 6.05. The Bertz CT molecular complexity index is 579. The van der Waals surface area contributed by atoms with Crippen LogP contribution in [0.5, 0.6) is 0 Å². The zero-order valence-corrected chi connectivity index (χ0v) is 10.9. The molecule has 3 aromatic rings. The van der Waals surface area contributed by atoms with Crippen molar-refractivity contribution in [2.45, 2.75) is 26.7 Å². The quantitative estimate of drug-likeness (QED) is 0.706. The monoisotopic (exact) mass is 241 g/mol. The lowest BCUT2D eigenvalue weighted by Crippen LogP contribution is -1.73. The number of aromatic nitrogens is 3. The van der Waals surface area contributed by atoms with Crippen LogP contribution in [0.15, 0.2) is 43.0 Å². The number of hydrogen-bond acceptors (Lipinski definition) is 1. The molecule has 0 saturated heterocycles. The average molecular weight is 241 g/mol. The highest BCUT2D eigenvalue weighted by molar-refractivity contribution is 5.82. The number of rotatable bonds is 2. The maximum absolute atomic E-state index is 3.84. The minimum absolute atomic E-state index is 1.04. The van der Waals surface area contributed by atoms with Crippen LogP contribution in [0, 0.1) is 0 Å². The van der Waals surface area contributed by atoms with Gasteiger partial charge in [0.15, 0.2) is 0 Å². The highest BCUT2D eigenvalue weighted by Crippen LogP contribution is 2.17. The first kappa shape index (κ1) is 12.4. The molecule has 0 amide bonds. The van der Waals surface area contributed by atoms with Crippen molar-refractivity contribution in [1.82, 2.24) is 15.0 Å². The van der Waals surface area contributed by atoms with E-state index in [1.165, 1.54) is 22.2 Å². The lowest BCUT2D eigenvalue weighted by Gasteiger charge is -1.90. The van der Waals surface area contributed by atoms with Crippen molar-refractivity contribution in [1.29, 1.82) is 0 Å². The summed E-state index contributed by atoms with van der Waals surface area (Å²) in [5.74, 6) is 0. The van der Waals surface area contributed by atoms with Crippen molar-refractivity contribution in [3.63, 3.8) is 0 Å². The number of fused-ring (bicyclic) bond motifs is 1. The van der Waals surface area contributed by atoms with Crippen LogP contribution >= 0.6 is 0 Å². The van der Waals surface area contributed by atoms with Crippen molar-refractivity contribution >= 4 is 10.9 Å². The third-order valence-corrected chi connectivity index (χ3v) is 2.99. The van der Waals surface area contributed by atoms with Crippen LogP contribution in [0.4, 0.5) is 0 Å². The summed E-state index contributed by atoms with van der Waals surface area (Å²) in [6.07, 6.45) is 7.76. The van der Waals surface area contributed by atoms with Crippen LogP contribution in [0.3, 0.4) is 0 Å². The van der Waals surface area contributed by atoms with Gasteiger partial charge in [-0.25, -0.2) is 4.98 Å². The van der Waals surface area contributed by atoms with Gasteiger partial charge in [-0.1, -0.05) is 32.0 Å². The molecule has 3 nitrogen and oxygen atoms in total. The first-order valence-electron chi connectivity index (χ1n) is 6.37. The molecule has 0 aliphatic carbocycles. The van der Waals surface area contributed by atoms with Crippen molar-refractivity contribution in [2.24, 2.45) is 0 Å². The van der Waals surface area contributed by atoms with Crippen LogP contribution in [0.25, 0.3) is 10.9 Å². The normalized spacial score (nSPS) is 10.1. The summed E-state index contributed by atoms with van der Waals surface area (Å²) in [6.45, 7) is 4.27. The molecule has 0 aliphatic heterocycles. The second-order valence-corrected chi connectivity index (χ2v) is 4.14. The van der Waals surface area contributed by atoms with Gasteiger partial charge in [0, 0.05) is 29.0 Å². The number of hydrogen-bond donors (Lipinski definition) is 2. The number of benzene rings is 1. The smallest absolute Gasteiger partial charge is 0.0921 e. The van der Waals surface area contributed by atoms with E-state index in [4.69, 9.17) is 0 Å². The summed E-state index contributed by atoms with van der Waals surface area (Å²) in [6, 6.07) is 8.40. The molecular formula is C15H19N3. The Balaban J connectivity index is 0.000000149. The van der Waals surface area contributed by atoms with E-state index in [9.17, 15) is 0 Å². The Morgan fingerprint density at radius 2 is 1.89 bits per heavy atom. The Kier molecular flexibility index (Phi) is 4.18. The Labute approximate surface area is 107 Å². The molecule has 0 radical (unpaired) electrons. The number of para-hydroxylation sites is 1. The summed E-state index contributed by atoms with van der Waals surface area (Å²) in [4.78, 5) is 10.1. The molecule has 18 heavy (non-hydrogen) atoms. The number of aromatic amines is 2. The van der Waals surface area contributed by atoms with Crippen molar-refractivity contribution in [3.05, 3.63) is 54.2 Å². The largest absolute Gasteiger partial charge is 0.361 e. The van der Waals surface area contributed by atoms with Gasteiger partial charge in [-0.2, -0.15) is 0 Å². The predicted octanol–water partition coefficient (Wildman–Crippen LogP) is 3.70. The second-order valence-electron chi connectivity index (χ2n) is 4.14. The molecular weight excluding hydrogens is 222 g/mol. The topological polar surface area (TPSA) is 44.5 Å². The first-order chi connectivity index (χ1) is 8.85. The fraction of sp³-hybridized carbons (Fsp3) is 0.267. The van der Waals surface area contributed by atoms with Crippen LogP contribution in [-0.4, -0.2) is 15.0 Å². The van der Waals surface area contributed by atoms with Gasteiger partial charge in [0.25, 0.3) is 0 Å². The first-order valence-corrected chi connectivity index (χ1v) is 6.37. The van der Waals surface area contributed by atoms with Crippen molar-refractivity contribution in [2.75, 3.05) is 0 Å². The minimum atomic E-state index is 1.04. The highest BCUT2D eigenvalue weighted by atomic mass is 14.8. The molecule has 0 atom stereocenters. The fourth-order valence-electron chi connectivity index (χ4n) is 1.90. The van der Waals surface area contributed by atoms with Gasteiger partial charge in [0.1, 0.15) is 0 Å². The maximum atomic E-state index is 3.84. The van der Waals surface area contributed by atoms with Crippen molar-refractivity contribution < 1.29 is 0 Å². The molecule has 3 rings (SSSR count). The summed E-state index contributed by atoms with van der Waals surface area (Å²) in [5.41, 5.74) is 3.84. The van der Waals surface area contributed by atoms with E-state index in [1.54, 1.807) is 6.33 Å². The van der Waals surface area contributed by atoms with E-state index in [2.05, 4.69) is 59.3 Å². The third-order valence-electron chi connectivity index (χ3n) is 2.99. The minimum Gasteiger partial charge on any atom is -0.361 e. The molecule has 0 saturated carbocycles. The summed E-state index contributed by atoms with van der Waals surface area (Å²) >= 11 is 0. The zero-order valence-electron chi connectivity index (χ0n) is 10.9. The standard InChI is InChI=1S/C10H11N.C5H8N2/c1-2-8-7-11-10-6-4-3-5-9(8)10;1-2-5-3-6-4-7-5/h3-7,11H,2H2,1H3;3-4H,2H2,1H3,(H,6,7). The van der Waals surface area contributed by atoms with Crippen LogP contribution in [0.1, 0.15) is 25.1 Å². The van der Waals surface area contributed by atoms with Gasteiger partial charge in [-0.15, -0.1) is 0 Å². The molecule has 2 heterocycles. The average Bonchev–Trinajstić information content (AvgIpc) is 3.08. The van der Waals surface area contributed by atoms with Gasteiger partial charge in [0.05, 0.1) is 6.33 Å². The third kappa shape index (κ3) is 2.80. The molecule has 0 aliphatic rings. The van der Waals surface area contributed by atoms with Crippen LogP contribution < -0.4 is 0 Å². The number of nitrogens with zero attached hydrogens (tertiary/aromatic N) is 1. The molecule has 2 aromatic heterocycles. The SMILES string of the molecule is CCc1c[nH]c2ccccc12.CCc1cnc[nH]1. The van der Waals surface area contributed by atoms with E-state index in [0.29, 0.717) is 0 Å². The predicted molar refractivity (Wildman–Crippen MR) is 75.6 cm³/mol. The summed E-state index contributed by atoms with van der Waals surface area (Å²) in [7, 11) is 0. The lowest BCUT2D eigenvalue weighted by molar-refractivity contribution is 1.06. The van der Waals surface area contributed by atoms with E-state index in [0.717, 1.165) is 12.8 Å². The molecule has 0 fully saturated rings.